The van der Waals surface area contributed by atoms with E-state index >= 15 is 0 Å². The largest absolute Gasteiger partial charge is 0.369 e. The van der Waals surface area contributed by atoms with E-state index < -0.39 is 0 Å². The maximum Gasteiger partial charge on any atom is 0.211 e. The fourth-order valence-corrected chi connectivity index (χ4v) is 3.04. The Hall–Kier alpha value is -3.10. The lowest BCUT2D eigenvalue weighted by Crippen LogP contribution is -2.22. The average molecular weight is 435 g/mol. The fraction of sp³-hybridized carbons (Fsp3) is 0.158. The topological polar surface area (TPSA) is 154 Å². The zero-order valence-corrected chi connectivity index (χ0v) is 17.7. The van der Waals surface area contributed by atoms with Crippen LogP contribution in [0.5, 0.6) is 0 Å². The Bertz CT molecular complexity index is 935. The molecule has 2 aromatic rings. The van der Waals surface area contributed by atoms with Gasteiger partial charge < -0.3 is 22.9 Å². The lowest BCUT2D eigenvalue weighted by atomic mass is 10.0. The van der Waals surface area contributed by atoms with Crippen molar-refractivity contribution in [3.05, 3.63) is 58.7 Å². The van der Waals surface area contributed by atoms with Gasteiger partial charge in [-0.15, -0.1) is 35.0 Å². The molecule has 2 aromatic carbocycles. The number of nitrogens with zero attached hydrogens (tertiary/aromatic N) is 4. The highest BCUT2D eigenvalue weighted by Gasteiger charge is 2.19. The summed E-state index contributed by atoms with van der Waals surface area (Å²) in [5.41, 5.74) is 29.7. The summed E-state index contributed by atoms with van der Waals surface area (Å²) in [6.45, 7) is 3.75. The minimum atomic E-state index is -0.0618. The maximum atomic E-state index is 5.33. The summed E-state index contributed by atoms with van der Waals surface area (Å²) in [5, 5.41) is 15.5. The Morgan fingerprint density at radius 3 is 1.38 bits per heavy atom. The number of hydrogen-bond acceptors (Lipinski definition) is 4. The number of fused-ring (bicyclic) bond motifs is 3. The van der Waals surface area contributed by atoms with Gasteiger partial charge in [-0.1, -0.05) is 24.3 Å². The quantitative estimate of drug-likeness (QED) is 0.281. The molecule has 0 amide bonds. The number of benzene rings is 2. The highest BCUT2D eigenvalue weighted by molar-refractivity contribution is 6.01. The molecule has 0 atom stereocenters. The van der Waals surface area contributed by atoms with Crippen LogP contribution in [0, 0.1) is 0 Å². The van der Waals surface area contributed by atoms with Crippen molar-refractivity contribution >= 4 is 48.2 Å². The van der Waals surface area contributed by atoms with Crippen molar-refractivity contribution in [3.63, 3.8) is 0 Å². The standard InChI is InChI=1S/C19H22N8.2ClH/c1-10(24-26-18(20)21)12-3-5-16-14(7-12)9-15-8-13(4-6-17(15)16)11(2)25-27-19(22)23;;/h3-8H,9H2,1-2H3,(H4,20,21,26)(H4,22,23,27);2*1H. The molecular weight excluding hydrogens is 411 g/mol. The van der Waals surface area contributed by atoms with Gasteiger partial charge in [0.05, 0.1) is 11.4 Å². The van der Waals surface area contributed by atoms with Crippen LogP contribution in [-0.2, 0) is 6.42 Å². The van der Waals surface area contributed by atoms with Gasteiger partial charge in [-0.2, -0.15) is 10.2 Å². The first-order chi connectivity index (χ1) is 12.8. The highest BCUT2D eigenvalue weighted by Crippen LogP contribution is 2.37. The normalized spacial score (nSPS) is 12.1. The van der Waals surface area contributed by atoms with Crippen molar-refractivity contribution in [2.24, 2.45) is 43.3 Å². The van der Waals surface area contributed by atoms with Crippen molar-refractivity contribution < 1.29 is 0 Å². The molecule has 1 aliphatic carbocycles. The lowest BCUT2D eigenvalue weighted by Gasteiger charge is -2.05. The van der Waals surface area contributed by atoms with Crippen molar-refractivity contribution in [1.82, 2.24) is 0 Å². The van der Waals surface area contributed by atoms with Crippen LogP contribution < -0.4 is 22.9 Å². The Morgan fingerprint density at radius 1 is 0.655 bits per heavy atom. The van der Waals surface area contributed by atoms with E-state index in [0.717, 1.165) is 29.0 Å². The van der Waals surface area contributed by atoms with Crippen LogP contribution >= 0.6 is 24.8 Å². The first-order valence-electron chi connectivity index (χ1n) is 8.38. The van der Waals surface area contributed by atoms with E-state index in [1.165, 1.54) is 22.3 Å². The average Bonchev–Trinajstić information content (AvgIpc) is 3.00. The van der Waals surface area contributed by atoms with Crippen LogP contribution in [0.15, 0.2) is 56.8 Å². The summed E-state index contributed by atoms with van der Waals surface area (Å²) in [6.07, 6.45) is 0.831. The second kappa shape index (κ2) is 9.90. The summed E-state index contributed by atoms with van der Waals surface area (Å²) < 4.78 is 0. The van der Waals surface area contributed by atoms with Crippen LogP contribution in [0.25, 0.3) is 11.1 Å². The van der Waals surface area contributed by atoms with Gasteiger partial charge in [-0.05, 0) is 65.8 Å². The fourth-order valence-electron chi connectivity index (χ4n) is 3.04. The Kier molecular flexibility index (Phi) is 8.17. The van der Waals surface area contributed by atoms with E-state index in [1.807, 2.05) is 26.0 Å². The van der Waals surface area contributed by atoms with Gasteiger partial charge in [0.2, 0.25) is 11.9 Å². The van der Waals surface area contributed by atoms with Gasteiger partial charge in [-0.3, -0.25) is 0 Å². The molecule has 0 radical (unpaired) electrons. The summed E-state index contributed by atoms with van der Waals surface area (Å²) in [4.78, 5) is 0. The van der Waals surface area contributed by atoms with Gasteiger partial charge in [0.25, 0.3) is 0 Å². The van der Waals surface area contributed by atoms with E-state index in [2.05, 4.69) is 44.7 Å². The number of nitrogens with two attached hydrogens (primary N) is 4. The molecule has 154 valence electrons. The van der Waals surface area contributed by atoms with E-state index in [4.69, 9.17) is 22.9 Å². The van der Waals surface area contributed by atoms with Crippen molar-refractivity contribution in [2.75, 3.05) is 0 Å². The SMILES string of the molecule is CC(=NN=C(N)N)c1ccc2c(c1)Cc1cc(C(C)=NN=C(N)N)ccc1-2.Cl.Cl. The summed E-state index contributed by atoms with van der Waals surface area (Å²) >= 11 is 0. The van der Waals surface area contributed by atoms with Gasteiger partial charge in [0.1, 0.15) is 0 Å². The maximum absolute atomic E-state index is 5.33. The predicted molar refractivity (Wildman–Crippen MR) is 125 cm³/mol. The Labute approximate surface area is 181 Å². The van der Waals surface area contributed by atoms with Gasteiger partial charge in [0, 0.05) is 0 Å². The molecule has 0 saturated carbocycles. The minimum Gasteiger partial charge on any atom is -0.369 e. The third-order valence-corrected chi connectivity index (χ3v) is 4.35. The monoisotopic (exact) mass is 434 g/mol. The van der Waals surface area contributed by atoms with Crippen molar-refractivity contribution in [3.8, 4) is 11.1 Å². The summed E-state index contributed by atoms with van der Waals surface area (Å²) in [5.74, 6) is -0.124. The molecule has 0 fully saturated rings. The Balaban J connectivity index is 0.00000210. The third-order valence-electron chi connectivity index (χ3n) is 4.35. The van der Waals surface area contributed by atoms with E-state index in [1.54, 1.807) is 0 Å². The van der Waals surface area contributed by atoms with Crippen LogP contribution in [-0.4, -0.2) is 23.3 Å². The first-order valence-corrected chi connectivity index (χ1v) is 8.38. The van der Waals surface area contributed by atoms with Crippen molar-refractivity contribution in [2.45, 2.75) is 20.3 Å². The number of rotatable bonds is 4. The second-order valence-corrected chi connectivity index (χ2v) is 6.34. The van der Waals surface area contributed by atoms with E-state index in [-0.39, 0.29) is 36.7 Å². The van der Waals surface area contributed by atoms with Gasteiger partial charge in [-0.25, -0.2) is 0 Å². The molecule has 0 aromatic heterocycles. The Morgan fingerprint density at radius 2 is 1.03 bits per heavy atom. The molecule has 8 N–H and O–H groups in total. The molecule has 0 saturated heterocycles. The molecule has 10 heteroatoms. The number of guanidine groups is 2. The summed E-state index contributed by atoms with van der Waals surface area (Å²) in [7, 11) is 0. The van der Waals surface area contributed by atoms with Crippen LogP contribution in [0.4, 0.5) is 0 Å². The number of hydrogen-bond donors (Lipinski definition) is 4. The zero-order chi connectivity index (χ0) is 19.6. The molecule has 0 aliphatic heterocycles. The third kappa shape index (κ3) is 5.46. The minimum absolute atomic E-state index is 0. The first kappa shape index (κ1) is 23.9. The predicted octanol–water partition coefficient (Wildman–Crippen LogP) is 2.10. The molecule has 8 nitrogen and oxygen atoms in total. The highest BCUT2D eigenvalue weighted by atomic mass is 35.5. The molecule has 0 bridgehead atoms. The second-order valence-electron chi connectivity index (χ2n) is 6.34. The van der Waals surface area contributed by atoms with Crippen LogP contribution in [0.2, 0.25) is 0 Å². The molecule has 1 aliphatic rings. The van der Waals surface area contributed by atoms with E-state index in [0.29, 0.717) is 0 Å². The van der Waals surface area contributed by atoms with E-state index in [9.17, 15) is 0 Å². The van der Waals surface area contributed by atoms with Gasteiger partial charge in [0.15, 0.2) is 0 Å². The smallest absolute Gasteiger partial charge is 0.211 e. The molecule has 3 rings (SSSR count). The molecule has 0 spiro atoms. The molecule has 29 heavy (non-hydrogen) atoms. The lowest BCUT2D eigenvalue weighted by molar-refractivity contribution is 1.19. The number of halogens is 2. The summed E-state index contributed by atoms with van der Waals surface area (Å²) in [6, 6.07) is 12.5. The zero-order valence-electron chi connectivity index (χ0n) is 16.1. The molecule has 0 unspecified atom stereocenters. The van der Waals surface area contributed by atoms with Crippen LogP contribution in [0.3, 0.4) is 0 Å². The van der Waals surface area contributed by atoms with Crippen molar-refractivity contribution in [1.29, 1.82) is 0 Å². The van der Waals surface area contributed by atoms with Gasteiger partial charge >= 0.3 is 0 Å². The molecular formula is C19H24Cl2N8. The molecule has 0 heterocycles. The van der Waals surface area contributed by atoms with Crippen LogP contribution in [0.1, 0.15) is 36.1 Å².